The van der Waals surface area contributed by atoms with Crippen molar-refractivity contribution in [2.45, 2.75) is 6.92 Å². The van der Waals surface area contributed by atoms with Crippen molar-refractivity contribution < 1.29 is 13.9 Å². The Morgan fingerprint density at radius 3 is 2.65 bits per heavy atom. The lowest BCUT2D eigenvalue weighted by Gasteiger charge is -2.07. The largest absolute Gasteiger partial charge is 0.462 e. The minimum absolute atomic E-state index is 0.282. The number of benzene rings is 1. The molecular formula is C15H15FN2O2. The molecule has 0 aliphatic rings. The Kier molecular flexibility index (Phi) is 4.30. The second kappa shape index (κ2) is 6.14. The van der Waals surface area contributed by atoms with Crippen LogP contribution in [0.5, 0.6) is 0 Å². The van der Waals surface area contributed by atoms with Crippen molar-refractivity contribution in [2.75, 3.05) is 6.61 Å². The summed E-state index contributed by atoms with van der Waals surface area (Å²) in [5.41, 5.74) is 1.04. The zero-order valence-corrected chi connectivity index (χ0v) is 11.3. The molecule has 20 heavy (non-hydrogen) atoms. The number of aromatic nitrogens is 2. The molecule has 0 saturated heterocycles. The second-order valence-corrected chi connectivity index (χ2v) is 4.19. The predicted molar refractivity (Wildman–Crippen MR) is 74.1 cm³/mol. The van der Waals surface area contributed by atoms with E-state index in [4.69, 9.17) is 4.74 Å². The number of imidazole rings is 1. The van der Waals surface area contributed by atoms with Gasteiger partial charge in [0.15, 0.2) is 0 Å². The number of carbonyl (C=O) groups excluding carboxylic acids is 1. The highest BCUT2D eigenvalue weighted by Crippen LogP contribution is 2.18. The molecule has 0 fully saturated rings. The fourth-order valence-corrected chi connectivity index (χ4v) is 1.77. The van der Waals surface area contributed by atoms with Crippen LogP contribution in [0.4, 0.5) is 4.39 Å². The minimum Gasteiger partial charge on any atom is -0.462 e. The summed E-state index contributed by atoms with van der Waals surface area (Å²) in [6.45, 7) is 2.02. The van der Waals surface area contributed by atoms with E-state index in [2.05, 4.69) is 4.98 Å². The highest BCUT2D eigenvalue weighted by atomic mass is 19.1. The van der Waals surface area contributed by atoms with Crippen molar-refractivity contribution in [3.63, 3.8) is 0 Å². The van der Waals surface area contributed by atoms with Crippen molar-refractivity contribution in [3.05, 3.63) is 53.9 Å². The average Bonchev–Trinajstić information content (AvgIpc) is 2.84. The van der Waals surface area contributed by atoms with Crippen molar-refractivity contribution >= 4 is 17.6 Å². The SMILES string of the molecule is CCOC(=O)/C(=C\c1ccc(F)cc1)c1nccn1C. The Hall–Kier alpha value is -2.43. The van der Waals surface area contributed by atoms with Gasteiger partial charge in [0.1, 0.15) is 17.2 Å². The normalized spacial score (nSPS) is 11.4. The minimum atomic E-state index is -0.453. The number of ether oxygens (including phenoxy) is 1. The van der Waals surface area contributed by atoms with Gasteiger partial charge in [0.05, 0.1) is 6.61 Å². The molecule has 0 spiro atoms. The van der Waals surface area contributed by atoms with E-state index in [1.54, 1.807) is 49.1 Å². The number of hydrogen-bond acceptors (Lipinski definition) is 3. The maximum atomic E-state index is 12.9. The third-order valence-corrected chi connectivity index (χ3v) is 2.74. The van der Waals surface area contributed by atoms with Gasteiger partial charge in [0.2, 0.25) is 0 Å². The maximum absolute atomic E-state index is 12.9. The second-order valence-electron chi connectivity index (χ2n) is 4.19. The molecule has 0 atom stereocenters. The van der Waals surface area contributed by atoms with E-state index in [1.807, 2.05) is 0 Å². The van der Waals surface area contributed by atoms with Crippen LogP contribution < -0.4 is 0 Å². The molecule has 5 heteroatoms. The van der Waals surface area contributed by atoms with Crippen molar-refractivity contribution in [1.29, 1.82) is 0 Å². The average molecular weight is 274 g/mol. The van der Waals surface area contributed by atoms with Crippen LogP contribution in [0.15, 0.2) is 36.7 Å². The number of esters is 1. The summed E-state index contributed by atoms with van der Waals surface area (Å²) in [6, 6.07) is 5.87. The summed E-state index contributed by atoms with van der Waals surface area (Å²) < 4.78 is 19.7. The first-order chi connectivity index (χ1) is 9.61. The smallest absolute Gasteiger partial charge is 0.341 e. The molecule has 1 aromatic heterocycles. The van der Waals surface area contributed by atoms with Gasteiger partial charge in [-0.05, 0) is 30.7 Å². The van der Waals surface area contributed by atoms with Gasteiger partial charge in [0, 0.05) is 19.4 Å². The molecule has 0 aliphatic carbocycles. The Morgan fingerprint density at radius 1 is 1.40 bits per heavy atom. The van der Waals surface area contributed by atoms with E-state index in [0.717, 1.165) is 0 Å². The molecule has 0 radical (unpaired) electrons. The zero-order chi connectivity index (χ0) is 14.5. The first-order valence-electron chi connectivity index (χ1n) is 6.24. The lowest BCUT2D eigenvalue weighted by atomic mass is 10.1. The lowest BCUT2D eigenvalue weighted by molar-refractivity contribution is -0.136. The maximum Gasteiger partial charge on any atom is 0.341 e. The van der Waals surface area contributed by atoms with Crippen LogP contribution >= 0.6 is 0 Å². The summed E-state index contributed by atoms with van der Waals surface area (Å²) in [4.78, 5) is 16.2. The van der Waals surface area contributed by atoms with Crippen LogP contribution in [0.3, 0.4) is 0 Å². The van der Waals surface area contributed by atoms with Gasteiger partial charge < -0.3 is 9.30 Å². The first kappa shape index (κ1) is 14.0. The molecule has 4 nitrogen and oxygen atoms in total. The first-order valence-corrected chi connectivity index (χ1v) is 6.24. The molecule has 0 N–H and O–H groups in total. The molecule has 0 aliphatic heterocycles. The fraction of sp³-hybridized carbons (Fsp3) is 0.200. The Labute approximate surface area is 116 Å². The number of hydrogen-bond donors (Lipinski definition) is 0. The van der Waals surface area contributed by atoms with Crippen molar-refractivity contribution in [3.8, 4) is 0 Å². The highest BCUT2D eigenvalue weighted by Gasteiger charge is 2.17. The quantitative estimate of drug-likeness (QED) is 0.636. The highest BCUT2D eigenvalue weighted by molar-refractivity contribution is 6.20. The Morgan fingerprint density at radius 2 is 2.10 bits per heavy atom. The molecule has 1 aromatic carbocycles. The number of aryl methyl sites for hydroxylation is 1. The van der Waals surface area contributed by atoms with Crippen molar-refractivity contribution in [1.82, 2.24) is 9.55 Å². The van der Waals surface area contributed by atoms with E-state index < -0.39 is 5.97 Å². The molecule has 0 saturated carbocycles. The monoisotopic (exact) mass is 274 g/mol. The van der Waals surface area contributed by atoms with Gasteiger partial charge in [-0.2, -0.15) is 0 Å². The summed E-state index contributed by atoms with van der Waals surface area (Å²) >= 11 is 0. The molecule has 0 amide bonds. The Bertz CT molecular complexity index is 630. The molecule has 2 rings (SSSR count). The van der Waals surface area contributed by atoms with E-state index in [0.29, 0.717) is 17.0 Å². The number of nitrogens with zero attached hydrogens (tertiary/aromatic N) is 2. The van der Waals surface area contributed by atoms with Gasteiger partial charge in [-0.1, -0.05) is 12.1 Å². The summed E-state index contributed by atoms with van der Waals surface area (Å²) in [5, 5.41) is 0. The molecule has 0 bridgehead atoms. The fourth-order valence-electron chi connectivity index (χ4n) is 1.77. The summed E-state index contributed by atoms with van der Waals surface area (Å²) in [6.07, 6.45) is 4.99. The van der Waals surface area contributed by atoms with Crippen LogP contribution in [-0.2, 0) is 16.6 Å². The van der Waals surface area contributed by atoms with E-state index >= 15 is 0 Å². The molecular weight excluding hydrogens is 259 g/mol. The van der Waals surface area contributed by atoms with Gasteiger partial charge in [-0.3, -0.25) is 0 Å². The van der Waals surface area contributed by atoms with E-state index in [-0.39, 0.29) is 12.4 Å². The zero-order valence-electron chi connectivity index (χ0n) is 11.3. The van der Waals surface area contributed by atoms with Gasteiger partial charge >= 0.3 is 5.97 Å². The number of halogens is 1. The molecule has 104 valence electrons. The van der Waals surface area contributed by atoms with Gasteiger partial charge in [-0.25, -0.2) is 14.2 Å². The lowest BCUT2D eigenvalue weighted by Crippen LogP contribution is -2.10. The van der Waals surface area contributed by atoms with Crippen molar-refractivity contribution in [2.24, 2.45) is 7.05 Å². The van der Waals surface area contributed by atoms with Gasteiger partial charge in [0.25, 0.3) is 0 Å². The third-order valence-electron chi connectivity index (χ3n) is 2.74. The van der Waals surface area contributed by atoms with Crippen LogP contribution in [-0.4, -0.2) is 22.1 Å². The molecule has 0 unspecified atom stereocenters. The van der Waals surface area contributed by atoms with Crippen LogP contribution in [0.2, 0.25) is 0 Å². The topological polar surface area (TPSA) is 44.1 Å². The molecule has 2 aromatic rings. The van der Waals surface area contributed by atoms with Crippen LogP contribution in [0.25, 0.3) is 11.6 Å². The molecule has 1 heterocycles. The van der Waals surface area contributed by atoms with E-state index in [1.165, 1.54) is 12.1 Å². The number of carbonyl (C=O) groups is 1. The predicted octanol–water partition coefficient (Wildman–Crippen LogP) is 2.66. The van der Waals surface area contributed by atoms with Crippen LogP contribution in [0, 0.1) is 5.82 Å². The number of rotatable bonds is 4. The third kappa shape index (κ3) is 3.12. The van der Waals surface area contributed by atoms with Gasteiger partial charge in [-0.15, -0.1) is 0 Å². The van der Waals surface area contributed by atoms with E-state index in [9.17, 15) is 9.18 Å². The summed E-state index contributed by atoms with van der Waals surface area (Å²) in [7, 11) is 1.79. The standard InChI is InChI=1S/C15H15FN2O2/c1-3-20-15(19)13(14-17-8-9-18(14)2)10-11-4-6-12(16)7-5-11/h4-10H,3H2,1-2H3/b13-10-. The van der Waals surface area contributed by atoms with Crippen LogP contribution in [0.1, 0.15) is 18.3 Å². The summed E-state index contributed by atoms with van der Waals surface area (Å²) in [5.74, 6) is -0.268. The Balaban J connectivity index is 2.43.